The molecule has 1 aromatic carbocycles. The van der Waals surface area contributed by atoms with Crippen molar-refractivity contribution in [2.75, 3.05) is 24.5 Å². The number of carbonyl (C=O) groups excluding carboxylic acids is 2. The molecule has 1 saturated heterocycles. The van der Waals surface area contributed by atoms with Crippen LogP contribution >= 0.6 is 11.6 Å². The van der Waals surface area contributed by atoms with Crippen LogP contribution in [0.1, 0.15) is 26.2 Å². The van der Waals surface area contributed by atoms with E-state index in [4.69, 9.17) is 11.6 Å². The lowest BCUT2D eigenvalue weighted by molar-refractivity contribution is -0.129. The molecule has 114 valence electrons. The zero-order chi connectivity index (χ0) is 15.4. The van der Waals surface area contributed by atoms with Gasteiger partial charge in [0.25, 0.3) is 0 Å². The second-order valence-corrected chi connectivity index (χ2v) is 5.51. The Labute approximate surface area is 128 Å². The number of halogens is 2. The predicted molar refractivity (Wildman–Crippen MR) is 79.9 cm³/mol. The van der Waals surface area contributed by atoms with Crippen LogP contribution in [0.4, 0.5) is 10.1 Å². The highest BCUT2D eigenvalue weighted by Gasteiger charge is 2.20. The van der Waals surface area contributed by atoms with Crippen molar-refractivity contribution in [1.29, 1.82) is 0 Å². The van der Waals surface area contributed by atoms with Gasteiger partial charge >= 0.3 is 0 Å². The number of rotatable bonds is 4. The summed E-state index contributed by atoms with van der Waals surface area (Å²) in [6.45, 7) is 3.27. The SMILES string of the molecule is CC(=O)N(CCC(=O)N1CCCC1)c1ccc(F)c(Cl)c1. The topological polar surface area (TPSA) is 40.6 Å². The van der Waals surface area contributed by atoms with E-state index in [1.807, 2.05) is 4.90 Å². The van der Waals surface area contributed by atoms with E-state index in [9.17, 15) is 14.0 Å². The van der Waals surface area contributed by atoms with Crippen molar-refractivity contribution in [1.82, 2.24) is 4.90 Å². The van der Waals surface area contributed by atoms with Crippen LogP contribution < -0.4 is 4.90 Å². The summed E-state index contributed by atoms with van der Waals surface area (Å²) in [5.41, 5.74) is 0.503. The van der Waals surface area contributed by atoms with Crippen molar-refractivity contribution in [3.63, 3.8) is 0 Å². The molecule has 2 rings (SSSR count). The molecule has 2 amide bonds. The summed E-state index contributed by atoms with van der Waals surface area (Å²) in [5, 5.41) is -0.0374. The van der Waals surface area contributed by atoms with Gasteiger partial charge in [0.05, 0.1) is 5.02 Å². The van der Waals surface area contributed by atoms with Crippen LogP contribution in [0, 0.1) is 5.82 Å². The fourth-order valence-corrected chi connectivity index (χ4v) is 2.63. The molecule has 0 aliphatic carbocycles. The van der Waals surface area contributed by atoms with Gasteiger partial charge in [-0.2, -0.15) is 0 Å². The van der Waals surface area contributed by atoms with Crippen LogP contribution in [0.2, 0.25) is 5.02 Å². The van der Waals surface area contributed by atoms with Crippen molar-refractivity contribution >= 4 is 29.1 Å². The molecule has 0 aromatic heterocycles. The van der Waals surface area contributed by atoms with Crippen LogP contribution in [0.25, 0.3) is 0 Å². The Bertz CT molecular complexity index is 544. The Morgan fingerprint density at radius 3 is 2.57 bits per heavy atom. The Hall–Kier alpha value is -1.62. The summed E-state index contributed by atoms with van der Waals surface area (Å²) >= 11 is 5.74. The summed E-state index contributed by atoms with van der Waals surface area (Å²) in [5.74, 6) is -0.684. The van der Waals surface area contributed by atoms with E-state index in [1.165, 1.54) is 30.0 Å². The average molecular weight is 313 g/mol. The van der Waals surface area contributed by atoms with Crippen LogP contribution in [0.15, 0.2) is 18.2 Å². The molecule has 0 unspecified atom stereocenters. The Kier molecular flexibility index (Phi) is 5.17. The van der Waals surface area contributed by atoms with Crippen molar-refractivity contribution in [3.05, 3.63) is 29.0 Å². The van der Waals surface area contributed by atoms with E-state index >= 15 is 0 Å². The molecule has 6 heteroatoms. The van der Waals surface area contributed by atoms with Crippen LogP contribution in [-0.4, -0.2) is 36.3 Å². The molecule has 1 aromatic rings. The minimum Gasteiger partial charge on any atom is -0.343 e. The monoisotopic (exact) mass is 312 g/mol. The molecular weight excluding hydrogens is 295 g/mol. The highest BCUT2D eigenvalue weighted by Crippen LogP contribution is 2.23. The Morgan fingerprint density at radius 2 is 2.00 bits per heavy atom. The lowest BCUT2D eigenvalue weighted by Gasteiger charge is -2.23. The summed E-state index contributed by atoms with van der Waals surface area (Å²) in [7, 11) is 0. The zero-order valence-electron chi connectivity index (χ0n) is 11.9. The first-order valence-electron chi connectivity index (χ1n) is 7.00. The van der Waals surface area contributed by atoms with Gasteiger partial charge in [-0.15, -0.1) is 0 Å². The minimum absolute atomic E-state index is 0.0374. The normalized spacial score (nSPS) is 14.3. The number of benzene rings is 1. The molecule has 1 fully saturated rings. The highest BCUT2D eigenvalue weighted by molar-refractivity contribution is 6.31. The first-order chi connectivity index (χ1) is 9.99. The maximum absolute atomic E-state index is 13.2. The van der Waals surface area contributed by atoms with Crippen LogP contribution in [0.5, 0.6) is 0 Å². The fourth-order valence-electron chi connectivity index (χ4n) is 2.45. The largest absolute Gasteiger partial charge is 0.343 e. The van der Waals surface area contributed by atoms with E-state index in [2.05, 4.69) is 0 Å². The van der Waals surface area contributed by atoms with Gasteiger partial charge in [-0.05, 0) is 31.0 Å². The number of amides is 2. The van der Waals surface area contributed by atoms with E-state index in [-0.39, 0.29) is 29.8 Å². The highest BCUT2D eigenvalue weighted by atomic mass is 35.5. The minimum atomic E-state index is -0.530. The van der Waals surface area contributed by atoms with Gasteiger partial charge in [-0.3, -0.25) is 9.59 Å². The molecule has 0 radical (unpaired) electrons. The smallest absolute Gasteiger partial charge is 0.224 e. The maximum Gasteiger partial charge on any atom is 0.224 e. The third-order valence-electron chi connectivity index (χ3n) is 3.60. The van der Waals surface area contributed by atoms with Gasteiger partial charge in [0.2, 0.25) is 11.8 Å². The molecule has 1 heterocycles. The van der Waals surface area contributed by atoms with E-state index in [0.717, 1.165) is 25.9 Å². The maximum atomic E-state index is 13.2. The molecule has 0 N–H and O–H groups in total. The first-order valence-corrected chi connectivity index (χ1v) is 7.38. The molecular formula is C15H18ClFN2O2. The lowest BCUT2D eigenvalue weighted by atomic mass is 10.2. The number of anilines is 1. The molecule has 0 atom stereocenters. The standard InChI is InChI=1S/C15H18ClFN2O2/c1-11(20)19(12-4-5-14(17)13(16)10-12)9-6-15(21)18-7-2-3-8-18/h4-5,10H,2-3,6-9H2,1H3. The molecule has 0 spiro atoms. The number of hydrogen-bond acceptors (Lipinski definition) is 2. The predicted octanol–water partition coefficient (Wildman–Crippen LogP) is 2.84. The Morgan fingerprint density at radius 1 is 1.33 bits per heavy atom. The molecule has 21 heavy (non-hydrogen) atoms. The van der Waals surface area contributed by atoms with Crippen LogP contribution in [-0.2, 0) is 9.59 Å². The molecule has 1 aliphatic heterocycles. The number of likely N-dealkylation sites (tertiary alicyclic amines) is 1. The Balaban J connectivity index is 2.03. The quantitative estimate of drug-likeness (QED) is 0.858. The molecule has 0 bridgehead atoms. The summed E-state index contributed by atoms with van der Waals surface area (Å²) in [6.07, 6.45) is 2.33. The third kappa shape index (κ3) is 3.94. The van der Waals surface area contributed by atoms with Crippen molar-refractivity contribution < 1.29 is 14.0 Å². The van der Waals surface area contributed by atoms with Gasteiger partial charge in [0.1, 0.15) is 5.82 Å². The molecule has 0 saturated carbocycles. The second-order valence-electron chi connectivity index (χ2n) is 5.11. The number of carbonyl (C=O) groups is 2. The second kappa shape index (κ2) is 6.89. The summed E-state index contributed by atoms with van der Waals surface area (Å²) < 4.78 is 13.2. The fraction of sp³-hybridized carbons (Fsp3) is 0.467. The van der Waals surface area contributed by atoms with Crippen molar-refractivity contribution in [3.8, 4) is 0 Å². The van der Waals surface area contributed by atoms with E-state index < -0.39 is 5.82 Å². The first kappa shape index (κ1) is 15.8. The summed E-state index contributed by atoms with van der Waals surface area (Å²) in [6, 6.07) is 4.11. The zero-order valence-corrected chi connectivity index (χ0v) is 12.7. The lowest BCUT2D eigenvalue weighted by Crippen LogP contribution is -2.35. The van der Waals surface area contributed by atoms with Gasteiger partial charge in [-0.25, -0.2) is 4.39 Å². The average Bonchev–Trinajstić information content (AvgIpc) is 2.96. The van der Waals surface area contributed by atoms with Gasteiger partial charge < -0.3 is 9.80 Å². The van der Waals surface area contributed by atoms with Gasteiger partial charge in [-0.1, -0.05) is 11.6 Å². The summed E-state index contributed by atoms with van der Waals surface area (Å²) in [4.78, 5) is 27.0. The third-order valence-corrected chi connectivity index (χ3v) is 3.89. The molecule has 4 nitrogen and oxygen atoms in total. The number of nitrogens with zero attached hydrogens (tertiary/aromatic N) is 2. The van der Waals surface area contributed by atoms with E-state index in [0.29, 0.717) is 5.69 Å². The molecule has 1 aliphatic rings. The van der Waals surface area contributed by atoms with Gasteiger partial charge in [0.15, 0.2) is 0 Å². The van der Waals surface area contributed by atoms with Gasteiger partial charge in [0, 0.05) is 38.7 Å². The van der Waals surface area contributed by atoms with Crippen LogP contribution in [0.3, 0.4) is 0 Å². The van der Waals surface area contributed by atoms with Crippen molar-refractivity contribution in [2.45, 2.75) is 26.2 Å². The van der Waals surface area contributed by atoms with Crippen molar-refractivity contribution in [2.24, 2.45) is 0 Å². The van der Waals surface area contributed by atoms with E-state index in [1.54, 1.807) is 0 Å². The number of hydrogen-bond donors (Lipinski definition) is 0.